The monoisotopic (exact) mass is 243 g/mol. The van der Waals surface area contributed by atoms with Gasteiger partial charge in [-0.25, -0.2) is 0 Å². The van der Waals surface area contributed by atoms with Gasteiger partial charge in [-0.15, -0.1) is 22.7 Å². The van der Waals surface area contributed by atoms with Crippen LogP contribution in [0.3, 0.4) is 0 Å². The van der Waals surface area contributed by atoms with Crippen LogP contribution in [0, 0.1) is 6.92 Å². The highest BCUT2D eigenvalue weighted by molar-refractivity contribution is 7.14. The maximum absolute atomic E-state index is 6.13. The van der Waals surface area contributed by atoms with Crippen LogP contribution >= 0.6 is 34.3 Å². The molecule has 0 saturated carbocycles. The van der Waals surface area contributed by atoms with Gasteiger partial charge < -0.3 is 5.73 Å². The second kappa shape index (κ2) is 4.03. The van der Waals surface area contributed by atoms with Gasteiger partial charge in [0.15, 0.2) is 0 Å². The first-order chi connectivity index (χ1) is 6.68. The van der Waals surface area contributed by atoms with Crippen molar-refractivity contribution in [2.45, 2.75) is 13.0 Å². The number of hydrogen-bond donors (Lipinski definition) is 1. The van der Waals surface area contributed by atoms with E-state index in [1.165, 1.54) is 21.8 Å². The van der Waals surface area contributed by atoms with Crippen LogP contribution in [-0.2, 0) is 0 Å². The highest BCUT2D eigenvalue weighted by atomic mass is 35.5. The van der Waals surface area contributed by atoms with E-state index >= 15 is 0 Å². The molecule has 2 rings (SSSR count). The fourth-order valence-corrected chi connectivity index (χ4v) is 3.22. The first-order valence-electron chi connectivity index (χ1n) is 4.22. The number of aryl methyl sites for hydroxylation is 1. The molecule has 0 aromatic carbocycles. The first-order valence-corrected chi connectivity index (χ1v) is 6.35. The molecule has 1 unspecified atom stereocenters. The average Bonchev–Trinajstić information content (AvgIpc) is 2.73. The summed E-state index contributed by atoms with van der Waals surface area (Å²) in [5, 5.41) is 4.09. The number of hydrogen-bond acceptors (Lipinski definition) is 3. The standard InChI is InChI=1S/C10H10ClNS2/c1-6-2-3-13-10(6)9(12)7-4-8(11)14-5-7/h2-5,9H,12H2,1H3. The lowest BCUT2D eigenvalue weighted by molar-refractivity contribution is 0.891. The Bertz CT molecular complexity index is 433. The zero-order valence-electron chi connectivity index (χ0n) is 7.66. The molecular formula is C10H10ClNS2. The normalized spacial score (nSPS) is 13.1. The molecule has 0 aliphatic heterocycles. The summed E-state index contributed by atoms with van der Waals surface area (Å²) in [6.07, 6.45) is 0. The van der Waals surface area contributed by atoms with Gasteiger partial charge in [0.05, 0.1) is 10.4 Å². The van der Waals surface area contributed by atoms with E-state index in [2.05, 4.69) is 18.4 Å². The lowest BCUT2D eigenvalue weighted by Crippen LogP contribution is -2.09. The van der Waals surface area contributed by atoms with Crippen molar-refractivity contribution in [2.75, 3.05) is 0 Å². The molecule has 0 bridgehead atoms. The van der Waals surface area contributed by atoms with Crippen molar-refractivity contribution in [1.29, 1.82) is 0 Å². The molecule has 0 spiro atoms. The molecule has 0 aliphatic rings. The fourth-order valence-electron chi connectivity index (χ4n) is 1.34. The molecular weight excluding hydrogens is 234 g/mol. The Hall–Kier alpha value is -0.350. The molecule has 2 heterocycles. The van der Waals surface area contributed by atoms with Gasteiger partial charge in [-0.2, -0.15) is 0 Å². The number of halogens is 1. The molecule has 1 nitrogen and oxygen atoms in total. The van der Waals surface area contributed by atoms with Crippen LogP contribution in [0.2, 0.25) is 4.34 Å². The van der Waals surface area contributed by atoms with Gasteiger partial charge in [-0.05, 0) is 40.9 Å². The minimum absolute atomic E-state index is 0.0289. The van der Waals surface area contributed by atoms with Crippen molar-refractivity contribution in [1.82, 2.24) is 0 Å². The minimum atomic E-state index is -0.0289. The molecule has 2 N–H and O–H groups in total. The fraction of sp³-hybridized carbons (Fsp3) is 0.200. The zero-order valence-corrected chi connectivity index (χ0v) is 10.0. The molecule has 1 atom stereocenters. The molecule has 0 amide bonds. The molecule has 0 radical (unpaired) electrons. The van der Waals surface area contributed by atoms with Crippen molar-refractivity contribution < 1.29 is 0 Å². The molecule has 2 aromatic rings. The third kappa shape index (κ3) is 1.86. The molecule has 14 heavy (non-hydrogen) atoms. The summed E-state index contributed by atoms with van der Waals surface area (Å²) < 4.78 is 0.796. The minimum Gasteiger partial charge on any atom is -0.320 e. The van der Waals surface area contributed by atoms with Crippen molar-refractivity contribution >= 4 is 34.3 Å². The molecule has 74 valence electrons. The second-order valence-electron chi connectivity index (χ2n) is 3.13. The predicted octanol–water partition coefficient (Wildman–Crippen LogP) is 3.82. The van der Waals surface area contributed by atoms with Gasteiger partial charge in [0.1, 0.15) is 0 Å². The predicted molar refractivity (Wildman–Crippen MR) is 64.4 cm³/mol. The van der Waals surface area contributed by atoms with E-state index in [4.69, 9.17) is 17.3 Å². The van der Waals surface area contributed by atoms with E-state index in [-0.39, 0.29) is 6.04 Å². The second-order valence-corrected chi connectivity index (χ2v) is 5.62. The Morgan fingerprint density at radius 1 is 1.43 bits per heavy atom. The topological polar surface area (TPSA) is 26.0 Å². The van der Waals surface area contributed by atoms with Gasteiger partial charge in [0.2, 0.25) is 0 Å². The van der Waals surface area contributed by atoms with Gasteiger partial charge in [-0.3, -0.25) is 0 Å². The summed E-state index contributed by atoms with van der Waals surface area (Å²) in [7, 11) is 0. The molecule has 0 fully saturated rings. The Morgan fingerprint density at radius 2 is 2.21 bits per heavy atom. The van der Waals surface area contributed by atoms with Crippen LogP contribution < -0.4 is 5.73 Å². The van der Waals surface area contributed by atoms with E-state index in [1.54, 1.807) is 11.3 Å². The summed E-state index contributed by atoms with van der Waals surface area (Å²) in [6, 6.07) is 4.00. The number of thiophene rings is 2. The van der Waals surface area contributed by atoms with E-state index < -0.39 is 0 Å². The Kier molecular flexibility index (Phi) is 2.93. The van der Waals surface area contributed by atoms with E-state index in [1.807, 2.05) is 11.4 Å². The average molecular weight is 244 g/mol. The smallest absolute Gasteiger partial charge is 0.0931 e. The lowest BCUT2D eigenvalue weighted by Gasteiger charge is -2.08. The SMILES string of the molecule is Cc1ccsc1C(N)c1csc(Cl)c1. The van der Waals surface area contributed by atoms with Gasteiger partial charge in [-0.1, -0.05) is 11.6 Å². The highest BCUT2D eigenvalue weighted by Gasteiger charge is 2.13. The summed E-state index contributed by atoms with van der Waals surface area (Å²) >= 11 is 9.10. The van der Waals surface area contributed by atoms with Crippen molar-refractivity contribution in [2.24, 2.45) is 5.73 Å². The van der Waals surface area contributed by atoms with E-state index in [0.717, 1.165) is 9.90 Å². The Labute approximate surface area is 96.1 Å². The first kappa shape index (κ1) is 10.2. The molecule has 4 heteroatoms. The maximum atomic E-state index is 6.13. The zero-order chi connectivity index (χ0) is 10.1. The third-order valence-electron chi connectivity index (χ3n) is 2.13. The van der Waals surface area contributed by atoms with Crippen LogP contribution in [0.25, 0.3) is 0 Å². The molecule has 0 aliphatic carbocycles. The summed E-state index contributed by atoms with van der Waals surface area (Å²) in [4.78, 5) is 1.22. The number of rotatable bonds is 2. The van der Waals surface area contributed by atoms with Crippen molar-refractivity contribution in [3.05, 3.63) is 43.2 Å². The van der Waals surface area contributed by atoms with Gasteiger partial charge in [0, 0.05) is 4.88 Å². The highest BCUT2D eigenvalue weighted by Crippen LogP contribution is 2.31. The van der Waals surface area contributed by atoms with Gasteiger partial charge in [0.25, 0.3) is 0 Å². The molecule has 2 aromatic heterocycles. The molecule has 0 saturated heterocycles. The van der Waals surface area contributed by atoms with Crippen molar-refractivity contribution in [3.63, 3.8) is 0 Å². The van der Waals surface area contributed by atoms with Crippen molar-refractivity contribution in [3.8, 4) is 0 Å². The van der Waals surface area contributed by atoms with Crippen LogP contribution in [-0.4, -0.2) is 0 Å². The quantitative estimate of drug-likeness (QED) is 0.853. The van der Waals surface area contributed by atoms with Crippen LogP contribution in [0.5, 0.6) is 0 Å². The Morgan fingerprint density at radius 3 is 2.71 bits per heavy atom. The summed E-state index contributed by atoms with van der Waals surface area (Å²) in [5.41, 5.74) is 8.49. The largest absolute Gasteiger partial charge is 0.320 e. The Balaban J connectivity index is 2.33. The summed E-state index contributed by atoms with van der Waals surface area (Å²) in [5.74, 6) is 0. The third-order valence-corrected chi connectivity index (χ3v) is 4.34. The van der Waals surface area contributed by atoms with Crippen LogP contribution in [0.1, 0.15) is 22.0 Å². The number of nitrogens with two attached hydrogens (primary N) is 1. The summed E-state index contributed by atoms with van der Waals surface area (Å²) in [6.45, 7) is 2.08. The van der Waals surface area contributed by atoms with Crippen LogP contribution in [0.15, 0.2) is 22.9 Å². The van der Waals surface area contributed by atoms with E-state index in [0.29, 0.717) is 0 Å². The maximum Gasteiger partial charge on any atom is 0.0931 e. The van der Waals surface area contributed by atoms with Gasteiger partial charge >= 0.3 is 0 Å². The lowest BCUT2D eigenvalue weighted by atomic mass is 10.1. The van der Waals surface area contributed by atoms with E-state index in [9.17, 15) is 0 Å². The van der Waals surface area contributed by atoms with Crippen LogP contribution in [0.4, 0.5) is 0 Å².